The summed E-state index contributed by atoms with van der Waals surface area (Å²) in [6.07, 6.45) is -1.98. The molecule has 138 valence electrons. The number of hydrogen-bond donors (Lipinski definition) is 1. The van der Waals surface area contributed by atoms with Crippen molar-refractivity contribution >= 4 is 16.3 Å². The van der Waals surface area contributed by atoms with Crippen molar-refractivity contribution in [3.8, 4) is 11.5 Å². The van der Waals surface area contributed by atoms with Gasteiger partial charge in [0.1, 0.15) is 12.2 Å². The molecule has 1 aliphatic heterocycles. The summed E-state index contributed by atoms with van der Waals surface area (Å²) >= 11 is 0. The van der Waals surface area contributed by atoms with E-state index >= 15 is 0 Å². The van der Waals surface area contributed by atoms with Gasteiger partial charge in [-0.15, -0.1) is 0 Å². The third-order valence-electron chi connectivity index (χ3n) is 4.05. The molecule has 8 heteroatoms. The first-order valence-corrected chi connectivity index (χ1v) is 9.49. The zero-order valence-corrected chi connectivity index (χ0v) is 14.8. The fourth-order valence-corrected chi connectivity index (χ4v) is 3.97. The molecule has 0 bridgehead atoms. The molecular weight excluding hydrogens is 360 g/mol. The van der Waals surface area contributed by atoms with E-state index in [1.807, 2.05) is 6.92 Å². The van der Waals surface area contributed by atoms with E-state index in [0.29, 0.717) is 17.7 Å². The standard InChI is InChI=1S/C18H18O7S/c1-2-14-16(25-26(21,22)13-8-4-3-5-9-13)11-12-7-6-10-15(17(12)23-14)24-18(19)20/h3-10,14,16H,2,11H2,1H3,(H,19,20). The molecule has 26 heavy (non-hydrogen) atoms. The number of ether oxygens (including phenoxy) is 2. The molecular formula is C18H18O7S. The van der Waals surface area contributed by atoms with Crippen molar-refractivity contribution in [2.75, 3.05) is 0 Å². The van der Waals surface area contributed by atoms with E-state index in [1.165, 1.54) is 18.2 Å². The average molecular weight is 378 g/mol. The van der Waals surface area contributed by atoms with Gasteiger partial charge in [-0.05, 0) is 24.6 Å². The van der Waals surface area contributed by atoms with Crippen molar-refractivity contribution in [2.24, 2.45) is 0 Å². The van der Waals surface area contributed by atoms with Crippen LogP contribution in [0.1, 0.15) is 18.9 Å². The lowest BCUT2D eigenvalue weighted by Crippen LogP contribution is -2.40. The van der Waals surface area contributed by atoms with Crippen molar-refractivity contribution in [3.05, 3.63) is 54.1 Å². The van der Waals surface area contributed by atoms with Gasteiger partial charge < -0.3 is 14.6 Å². The van der Waals surface area contributed by atoms with Crippen molar-refractivity contribution < 1.29 is 32.0 Å². The Morgan fingerprint density at radius 2 is 1.92 bits per heavy atom. The van der Waals surface area contributed by atoms with Crippen LogP contribution in [0.2, 0.25) is 0 Å². The van der Waals surface area contributed by atoms with Crippen LogP contribution in [-0.4, -0.2) is 31.9 Å². The third kappa shape index (κ3) is 3.81. The molecule has 1 N–H and O–H groups in total. The van der Waals surface area contributed by atoms with Crippen LogP contribution in [0.5, 0.6) is 11.5 Å². The number of hydrogen-bond acceptors (Lipinski definition) is 6. The summed E-state index contributed by atoms with van der Waals surface area (Å²) in [6.45, 7) is 1.84. The summed E-state index contributed by atoms with van der Waals surface area (Å²) in [5.41, 5.74) is 0.627. The maximum Gasteiger partial charge on any atom is 0.511 e. The van der Waals surface area contributed by atoms with E-state index in [4.69, 9.17) is 18.8 Å². The Bertz CT molecular complexity index is 893. The first-order chi connectivity index (χ1) is 12.4. The minimum atomic E-state index is -3.94. The number of benzene rings is 2. The Balaban J connectivity index is 1.88. The third-order valence-corrected chi connectivity index (χ3v) is 5.40. The second-order valence-electron chi connectivity index (χ2n) is 5.78. The minimum Gasteiger partial charge on any atom is -0.483 e. The molecule has 0 spiro atoms. The number of para-hydroxylation sites is 1. The van der Waals surface area contributed by atoms with Crippen LogP contribution in [0.3, 0.4) is 0 Å². The van der Waals surface area contributed by atoms with E-state index in [1.54, 1.807) is 30.3 Å². The summed E-state index contributed by atoms with van der Waals surface area (Å²) in [4.78, 5) is 10.9. The zero-order valence-electron chi connectivity index (χ0n) is 14.0. The summed E-state index contributed by atoms with van der Waals surface area (Å²) in [6, 6.07) is 12.7. The summed E-state index contributed by atoms with van der Waals surface area (Å²) in [5.74, 6) is 0.386. The highest BCUT2D eigenvalue weighted by atomic mass is 32.2. The molecule has 2 aromatic rings. The van der Waals surface area contributed by atoms with E-state index < -0.39 is 28.5 Å². The van der Waals surface area contributed by atoms with Gasteiger partial charge in [-0.1, -0.05) is 37.3 Å². The van der Waals surface area contributed by atoms with Gasteiger partial charge in [-0.25, -0.2) is 4.79 Å². The van der Waals surface area contributed by atoms with Gasteiger partial charge in [0.25, 0.3) is 10.1 Å². The number of carbonyl (C=O) groups is 1. The molecule has 0 radical (unpaired) electrons. The van der Waals surface area contributed by atoms with Crippen LogP contribution in [-0.2, 0) is 20.7 Å². The summed E-state index contributed by atoms with van der Waals surface area (Å²) in [5, 5.41) is 8.84. The van der Waals surface area contributed by atoms with Gasteiger partial charge in [-0.3, -0.25) is 4.18 Å². The van der Waals surface area contributed by atoms with Crippen molar-refractivity contribution in [3.63, 3.8) is 0 Å². The summed E-state index contributed by atoms with van der Waals surface area (Å²) in [7, 11) is -3.94. The highest BCUT2D eigenvalue weighted by molar-refractivity contribution is 7.86. The Morgan fingerprint density at radius 3 is 2.58 bits per heavy atom. The van der Waals surface area contributed by atoms with Gasteiger partial charge in [0.15, 0.2) is 11.5 Å². The maximum atomic E-state index is 12.5. The predicted octanol–water partition coefficient (Wildman–Crippen LogP) is 3.23. The van der Waals surface area contributed by atoms with Crippen LogP contribution >= 0.6 is 0 Å². The number of fused-ring (bicyclic) bond motifs is 1. The molecule has 0 saturated carbocycles. The van der Waals surface area contributed by atoms with Crippen LogP contribution in [0.25, 0.3) is 0 Å². The van der Waals surface area contributed by atoms with Crippen LogP contribution in [0, 0.1) is 0 Å². The molecule has 3 rings (SSSR count). The molecule has 2 unspecified atom stereocenters. The quantitative estimate of drug-likeness (QED) is 0.484. The summed E-state index contributed by atoms with van der Waals surface area (Å²) < 4.78 is 41.0. The maximum absolute atomic E-state index is 12.5. The molecule has 0 saturated heterocycles. The molecule has 2 atom stereocenters. The first-order valence-electron chi connectivity index (χ1n) is 8.08. The molecule has 0 amide bonds. The van der Waals surface area contributed by atoms with Crippen LogP contribution < -0.4 is 9.47 Å². The second-order valence-corrected chi connectivity index (χ2v) is 7.35. The molecule has 0 fully saturated rings. The lowest BCUT2D eigenvalue weighted by atomic mass is 9.98. The average Bonchev–Trinajstić information content (AvgIpc) is 2.61. The molecule has 2 aromatic carbocycles. The highest BCUT2D eigenvalue weighted by Crippen LogP contribution is 2.39. The Labute approximate surface area is 151 Å². The highest BCUT2D eigenvalue weighted by Gasteiger charge is 2.35. The minimum absolute atomic E-state index is 0.0728. The van der Waals surface area contributed by atoms with E-state index in [9.17, 15) is 13.2 Å². The fourth-order valence-electron chi connectivity index (χ4n) is 2.85. The predicted molar refractivity (Wildman–Crippen MR) is 92.0 cm³/mol. The normalized spacial score (nSPS) is 19.3. The first kappa shape index (κ1) is 18.2. The lowest BCUT2D eigenvalue weighted by molar-refractivity contribution is 0.0380. The van der Waals surface area contributed by atoms with Crippen LogP contribution in [0.4, 0.5) is 4.79 Å². The fraction of sp³-hybridized carbons (Fsp3) is 0.278. The smallest absolute Gasteiger partial charge is 0.483 e. The largest absolute Gasteiger partial charge is 0.511 e. The van der Waals surface area contributed by atoms with Crippen molar-refractivity contribution in [1.82, 2.24) is 0 Å². The van der Waals surface area contributed by atoms with Gasteiger partial charge >= 0.3 is 6.16 Å². The molecule has 1 heterocycles. The second kappa shape index (κ2) is 7.35. The molecule has 0 aliphatic carbocycles. The van der Waals surface area contributed by atoms with Gasteiger partial charge in [0.05, 0.1) is 4.90 Å². The van der Waals surface area contributed by atoms with E-state index in [0.717, 1.165) is 0 Å². The Morgan fingerprint density at radius 1 is 1.19 bits per heavy atom. The van der Waals surface area contributed by atoms with E-state index in [2.05, 4.69) is 0 Å². The van der Waals surface area contributed by atoms with Crippen molar-refractivity contribution in [1.29, 1.82) is 0 Å². The Kier molecular flexibility index (Phi) is 5.15. The topological polar surface area (TPSA) is 99.1 Å². The van der Waals surface area contributed by atoms with Gasteiger partial charge in [-0.2, -0.15) is 8.42 Å². The molecule has 7 nitrogen and oxygen atoms in total. The van der Waals surface area contributed by atoms with Gasteiger partial charge in [0, 0.05) is 12.0 Å². The Hall–Kier alpha value is -2.58. The lowest BCUT2D eigenvalue weighted by Gasteiger charge is -2.33. The van der Waals surface area contributed by atoms with Crippen molar-refractivity contribution in [2.45, 2.75) is 36.9 Å². The molecule has 1 aliphatic rings. The number of carboxylic acid groups (broad SMARTS) is 1. The molecule has 0 aromatic heterocycles. The monoisotopic (exact) mass is 378 g/mol. The van der Waals surface area contributed by atoms with Crippen LogP contribution in [0.15, 0.2) is 53.4 Å². The van der Waals surface area contributed by atoms with E-state index in [-0.39, 0.29) is 17.1 Å². The SMILES string of the molecule is CCC1Oc2c(cccc2OC(=O)O)CC1OS(=O)(=O)c1ccccc1. The zero-order chi connectivity index (χ0) is 18.7. The van der Waals surface area contributed by atoms with Gasteiger partial charge in [0.2, 0.25) is 0 Å². The number of rotatable bonds is 5.